The Labute approximate surface area is 152 Å². The summed E-state index contributed by atoms with van der Waals surface area (Å²) in [5, 5.41) is 2.51. The molecule has 0 N–H and O–H groups in total. The zero-order valence-electron chi connectivity index (χ0n) is 14.6. The molecule has 0 bridgehead atoms. The lowest BCUT2D eigenvalue weighted by atomic mass is 10.1. The maximum Gasteiger partial charge on any atom is 0.138 e. The van der Waals surface area contributed by atoms with E-state index in [1.54, 1.807) is 0 Å². The lowest BCUT2D eigenvalue weighted by Gasteiger charge is -2.11. The molecule has 0 atom stereocenters. The third-order valence-corrected chi connectivity index (χ3v) is 4.86. The quantitative estimate of drug-likeness (QED) is 0.378. The Kier molecular flexibility index (Phi) is 3.36. The van der Waals surface area contributed by atoms with Crippen LogP contribution in [0.2, 0.25) is 0 Å². The van der Waals surface area contributed by atoms with E-state index in [1.807, 2.05) is 6.07 Å². The van der Waals surface area contributed by atoms with Crippen molar-refractivity contribution in [2.24, 2.45) is 0 Å². The Hall–Kier alpha value is -3.39. The molecule has 0 radical (unpaired) electrons. The van der Waals surface area contributed by atoms with Crippen LogP contribution in [0, 0.1) is 6.92 Å². The van der Waals surface area contributed by atoms with Gasteiger partial charge in [-0.25, -0.2) is 4.98 Å². The average Bonchev–Trinajstić information content (AvgIpc) is 3.03. The van der Waals surface area contributed by atoms with E-state index in [1.165, 1.54) is 32.9 Å². The second-order valence-electron chi connectivity index (χ2n) is 6.59. The van der Waals surface area contributed by atoms with E-state index in [9.17, 15) is 0 Å². The summed E-state index contributed by atoms with van der Waals surface area (Å²) in [5.74, 6) is 0.959. The highest BCUT2D eigenvalue weighted by atomic mass is 15.1. The molecule has 26 heavy (non-hydrogen) atoms. The summed E-state index contributed by atoms with van der Waals surface area (Å²) < 4.78 is 2.27. The van der Waals surface area contributed by atoms with Crippen molar-refractivity contribution in [2.45, 2.75) is 6.92 Å². The van der Waals surface area contributed by atoms with Crippen LogP contribution in [0.25, 0.3) is 38.8 Å². The summed E-state index contributed by atoms with van der Waals surface area (Å²) in [5.41, 5.74) is 5.79. The lowest BCUT2D eigenvalue weighted by Crippen LogP contribution is -1.99. The van der Waals surface area contributed by atoms with Crippen LogP contribution >= 0.6 is 0 Å². The highest BCUT2D eigenvalue weighted by Crippen LogP contribution is 2.32. The van der Waals surface area contributed by atoms with Gasteiger partial charge in [-0.2, -0.15) is 0 Å². The van der Waals surface area contributed by atoms with E-state index in [4.69, 9.17) is 4.98 Å². The topological polar surface area (TPSA) is 17.8 Å². The number of aryl methyl sites for hydroxylation is 1. The Balaban J connectivity index is 1.84. The second kappa shape index (κ2) is 5.85. The molecule has 2 heterocycles. The Morgan fingerprint density at radius 1 is 0.615 bits per heavy atom. The lowest BCUT2D eigenvalue weighted by molar-refractivity contribution is 1.05. The molecule has 2 heteroatoms. The summed E-state index contributed by atoms with van der Waals surface area (Å²) >= 11 is 0. The molecule has 124 valence electrons. The van der Waals surface area contributed by atoms with Crippen molar-refractivity contribution in [3.05, 3.63) is 96.7 Å². The van der Waals surface area contributed by atoms with Gasteiger partial charge in [-0.3, -0.25) is 4.57 Å². The van der Waals surface area contributed by atoms with E-state index in [0.29, 0.717) is 0 Å². The normalized spacial score (nSPS) is 11.3. The fraction of sp³-hybridized carbons (Fsp3) is 0.0417. The van der Waals surface area contributed by atoms with Gasteiger partial charge in [-0.1, -0.05) is 66.7 Å². The minimum atomic E-state index is 0.959. The standard InChI is InChI=1S/C24H18N2/c1-17-15-19(18-9-3-2-4-10-18)16-24(25-17)26-22-13-7-5-11-20(22)21-12-6-8-14-23(21)26/h2-16H,1H3. The predicted octanol–water partition coefficient (Wildman–Crippen LogP) is 6.15. The Morgan fingerprint density at radius 2 is 1.19 bits per heavy atom. The summed E-state index contributed by atoms with van der Waals surface area (Å²) in [7, 11) is 0. The third kappa shape index (κ3) is 2.31. The second-order valence-corrected chi connectivity index (χ2v) is 6.59. The fourth-order valence-corrected chi connectivity index (χ4v) is 3.73. The molecule has 0 saturated heterocycles. The number of hydrogen-bond acceptors (Lipinski definition) is 1. The SMILES string of the molecule is Cc1cc(-c2ccccc2)cc(-n2c3ccccc3c3ccccc32)n1. The molecule has 3 aromatic carbocycles. The fourth-order valence-electron chi connectivity index (χ4n) is 3.73. The average molecular weight is 334 g/mol. The number of aromatic nitrogens is 2. The van der Waals surface area contributed by atoms with Gasteiger partial charge < -0.3 is 0 Å². The molecule has 2 aromatic heterocycles. The van der Waals surface area contributed by atoms with Gasteiger partial charge in [0.2, 0.25) is 0 Å². The number of fused-ring (bicyclic) bond motifs is 3. The zero-order chi connectivity index (χ0) is 17.5. The minimum Gasteiger partial charge on any atom is -0.294 e. The number of benzene rings is 3. The molecule has 0 unspecified atom stereocenters. The van der Waals surface area contributed by atoms with Crippen LogP contribution in [-0.4, -0.2) is 9.55 Å². The van der Waals surface area contributed by atoms with Gasteiger partial charge in [0.25, 0.3) is 0 Å². The van der Waals surface area contributed by atoms with Crippen LogP contribution in [0.1, 0.15) is 5.69 Å². The van der Waals surface area contributed by atoms with Crippen LogP contribution in [0.5, 0.6) is 0 Å². The molecule has 0 spiro atoms. The van der Waals surface area contributed by atoms with Gasteiger partial charge in [0.15, 0.2) is 0 Å². The van der Waals surface area contributed by atoms with Gasteiger partial charge in [-0.15, -0.1) is 0 Å². The van der Waals surface area contributed by atoms with Crippen molar-refractivity contribution >= 4 is 21.8 Å². The first-order valence-electron chi connectivity index (χ1n) is 8.84. The zero-order valence-corrected chi connectivity index (χ0v) is 14.6. The van der Waals surface area contributed by atoms with Crippen LogP contribution in [0.4, 0.5) is 0 Å². The molecule has 5 rings (SSSR count). The van der Waals surface area contributed by atoms with Crippen LogP contribution in [-0.2, 0) is 0 Å². The van der Waals surface area contributed by atoms with E-state index in [2.05, 4.69) is 96.4 Å². The van der Waals surface area contributed by atoms with Gasteiger partial charge in [0.05, 0.1) is 11.0 Å². The van der Waals surface area contributed by atoms with Crippen molar-refractivity contribution in [1.82, 2.24) is 9.55 Å². The molecule has 5 aromatic rings. The monoisotopic (exact) mass is 334 g/mol. The van der Waals surface area contributed by atoms with E-state index in [0.717, 1.165) is 11.5 Å². The van der Waals surface area contributed by atoms with E-state index >= 15 is 0 Å². The van der Waals surface area contributed by atoms with E-state index in [-0.39, 0.29) is 0 Å². The van der Waals surface area contributed by atoms with E-state index < -0.39 is 0 Å². The van der Waals surface area contributed by atoms with Crippen molar-refractivity contribution in [1.29, 1.82) is 0 Å². The minimum absolute atomic E-state index is 0.959. The molecule has 2 nitrogen and oxygen atoms in total. The van der Waals surface area contributed by atoms with Crippen molar-refractivity contribution in [3.8, 4) is 16.9 Å². The molecule has 0 aliphatic rings. The maximum atomic E-state index is 4.87. The van der Waals surface area contributed by atoms with Crippen LogP contribution < -0.4 is 0 Å². The molecule has 0 saturated carbocycles. The molecule has 0 fully saturated rings. The first-order chi connectivity index (χ1) is 12.8. The number of rotatable bonds is 2. The number of para-hydroxylation sites is 2. The number of pyridine rings is 1. The predicted molar refractivity (Wildman–Crippen MR) is 109 cm³/mol. The molecule has 0 aliphatic heterocycles. The highest BCUT2D eigenvalue weighted by Gasteiger charge is 2.13. The van der Waals surface area contributed by atoms with Gasteiger partial charge >= 0.3 is 0 Å². The van der Waals surface area contributed by atoms with Crippen molar-refractivity contribution < 1.29 is 0 Å². The van der Waals surface area contributed by atoms with Crippen LogP contribution in [0.3, 0.4) is 0 Å². The largest absolute Gasteiger partial charge is 0.294 e. The smallest absolute Gasteiger partial charge is 0.138 e. The van der Waals surface area contributed by atoms with Crippen molar-refractivity contribution in [3.63, 3.8) is 0 Å². The molecular weight excluding hydrogens is 316 g/mol. The summed E-state index contributed by atoms with van der Waals surface area (Å²) in [6, 6.07) is 31.9. The first-order valence-corrected chi connectivity index (χ1v) is 8.84. The van der Waals surface area contributed by atoms with Crippen molar-refractivity contribution in [2.75, 3.05) is 0 Å². The van der Waals surface area contributed by atoms with Crippen LogP contribution in [0.15, 0.2) is 91.0 Å². The van der Waals surface area contributed by atoms with Gasteiger partial charge in [-0.05, 0) is 42.3 Å². The Morgan fingerprint density at radius 3 is 1.85 bits per heavy atom. The Bertz CT molecular complexity index is 1180. The molecular formula is C24H18N2. The third-order valence-electron chi connectivity index (χ3n) is 4.86. The molecule has 0 amide bonds. The maximum absolute atomic E-state index is 4.87. The summed E-state index contributed by atoms with van der Waals surface area (Å²) in [6.45, 7) is 2.06. The van der Waals surface area contributed by atoms with Gasteiger partial charge in [0.1, 0.15) is 5.82 Å². The van der Waals surface area contributed by atoms with Gasteiger partial charge in [0, 0.05) is 16.5 Å². The number of nitrogens with zero attached hydrogens (tertiary/aromatic N) is 2. The number of hydrogen-bond donors (Lipinski definition) is 0. The molecule has 0 aliphatic carbocycles. The summed E-state index contributed by atoms with van der Waals surface area (Å²) in [6.07, 6.45) is 0. The first kappa shape index (κ1) is 14.9. The highest BCUT2D eigenvalue weighted by molar-refractivity contribution is 6.09. The summed E-state index contributed by atoms with van der Waals surface area (Å²) in [4.78, 5) is 4.87.